The Morgan fingerprint density at radius 3 is 2.25 bits per heavy atom. The Morgan fingerprint density at radius 1 is 1.10 bits per heavy atom. The number of amides is 2. The molecule has 4 N–H and O–H groups in total. The van der Waals surface area contributed by atoms with E-state index in [2.05, 4.69) is 10.6 Å². The van der Waals surface area contributed by atoms with Gasteiger partial charge >= 0.3 is 0 Å². The lowest BCUT2D eigenvalue weighted by Crippen LogP contribution is -2.46. The molecule has 1 rings (SSSR count). The van der Waals surface area contributed by atoms with E-state index in [1.54, 1.807) is 0 Å². The van der Waals surface area contributed by atoms with Crippen LogP contribution in [0.3, 0.4) is 0 Å². The summed E-state index contributed by atoms with van der Waals surface area (Å²) in [4.78, 5) is 23.5. The summed E-state index contributed by atoms with van der Waals surface area (Å²) in [5.41, 5.74) is 5.67. The van der Waals surface area contributed by atoms with Gasteiger partial charge < -0.3 is 16.4 Å². The van der Waals surface area contributed by atoms with Gasteiger partial charge in [-0.1, -0.05) is 19.3 Å². The maximum atomic E-state index is 11.9. The van der Waals surface area contributed by atoms with Crippen molar-refractivity contribution >= 4 is 11.8 Å². The maximum absolute atomic E-state index is 11.9. The molecule has 2 amide bonds. The smallest absolute Gasteiger partial charge is 0.222 e. The third kappa shape index (κ3) is 6.89. The van der Waals surface area contributed by atoms with Crippen molar-refractivity contribution in [3.05, 3.63) is 0 Å². The van der Waals surface area contributed by atoms with Crippen molar-refractivity contribution < 1.29 is 9.59 Å². The second-order valence-electron chi connectivity index (χ2n) is 7.00. The highest BCUT2D eigenvalue weighted by Crippen LogP contribution is 2.28. The summed E-state index contributed by atoms with van der Waals surface area (Å²) in [6, 6.07) is 0. The first-order chi connectivity index (χ1) is 9.20. The highest BCUT2D eigenvalue weighted by Gasteiger charge is 2.29. The first-order valence-electron chi connectivity index (χ1n) is 7.57. The molecule has 116 valence electrons. The Labute approximate surface area is 122 Å². The molecule has 1 aliphatic carbocycles. The van der Waals surface area contributed by atoms with Crippen LogP contribution in [0, 0.1) is 0 Å². The lowest BCUT2D eigenvalue weighted by atomic mass is 9.80. The summed E-state index contributed by atoms with van der Waals surface area (Å²) in [6.07, 6.45) is 5.95. The number of hydrogen-bond acceptors (Lipinski definition) is 3. The van der Waals surface area contributed by atoms with E-state index in [0.717, 1.165) is 25.7 Å². The summed E-state index contributed by atoms with van der Waals surface area (Å²) in [6.45, 7) is 6.18. The van der Waals surface area contributed by atoms with E-state index in [4.69, 9.17) is 5.73 Å². The Kier molecular flexibility index (Phi) is 5.99. The van der Waals surface area contributed by atoms with Crippen molar-refractivity contribution in [2.75, 3.05) is 6.54 Å². The van der Waals surface area contributed by atoms with Crippen LogP contribution >= 0.6 is 0 Å². The third-order valence-electron chi connectivity index (χ3n) is 3.55. The zero-order chi connectivity index (χ0) is 15.2. The second kappa shape index (κ2) is 7.07. The quantitative estimate of drug-likeness (QED) is 0.714. The molecule has 0 atom stereocenters. The maximum Gasteiger partial charge on any atom is 0.222 e. The summed E-state index contributed by atoms with van der Waals surface area (Å²) in [7, 11) is 0. The van der Waals surface area contributed by atoms with Gasteiger partial charge in [-0.3, -0.25) is 9.59 Å². The van der Waals surface area contributed by atoms with Gasteiger partial charge in [-0.25, -0.2) is 0 Å². The minimum absolute atomic E-state index is 0.0436. The van der Waals surface area contributed by atoms with E-state index in [-0.39, 0.29) is 22.9 Å². The van der Waals surface area contributed by atoms with Crippen LogP contribution in [0.2, 0.25) is 0 Å². The van der Waals surface area contributed by atoms with E-state index >= 15 is 0 Å². The molecule has 0 aromatic carbocycles. The van der Waals surface area contributed by atoms with Crippen molar-refractivity contribution in [3.8, 4) is 0 Å². The molecule has 0 aliphatic heterocycles. The number of rotatable bonds is 5. The zero-order valence-corrected chi connectivity index (χ0v) is 13.1. The Balaban J connectivity index is 2.21. The van der Waals surface area contributed by atoms with E-state index in [1.165, 1.54) is 6.42 Å². The monoisotopic (exact) mass is 283 g/mol. The molecule has 1 fully saturated rings. The minimum Gasteiger partial charge on any atom is -0.356 e. The van der Waals surface area contributed by atoms with E-state index < -0.39 is 0 Å². The molecule has 5 nitrogen and oxygen atoms in total. The van der Waals surface area contributed by atoms with Crippen LogP contribution in [0.25, 0.3) is 0 Å². The van der Waals surface area contributed by atoms with E-state index in [1.807, 2.05) is 20.8 Å². The molecule has 20 heavy (non-hydrogen) atoms. The lowest BCUT2D eigenvalue weighted by Gasteiger charge is -2.32. The van der Waals surface area contributed by atoms with Crippen LogP contribution in [0.1, 0.15) is 65.7 Å². The van der Waals surface area contributed by atoms with Crippen LogP contribution in [0.4, 0.5) is 0 Å². The van der Waals surface area contributed by atoms with Gasteiger partial charge in [0.1, 0.15) is 0 Å². The molecule has 0 aromatic heterocycles. The number of hydrogen-bond donors (Lipinski definition) is 3. The SMILES string of the molecule is CC(C)(C)NC(=O)CCNC(=O)CC1(N)CCCCC1. The molecular weight excluding hydrogens is 254 g/mol. The highest BCUT2D eigenvalue weighted by molar-refractivity contribution is 5.79. The fraction of sp³-hybridized carbons (Fsp3) is 0.867. The first-order valence-corrected chi connectivity index (χ1v) is 7.57. The van der Waals surface area contributed by atoms with Crippen LogP contribution in [-0.4, -0.2) is 29.4 Å². The summed E-state index contributed by atoms with van der Waals surface area (Å²) in [5.74, 6) is -0.0871. The van der Waals surface area contributed by atoms with Gasteiger partial charge in [0.05, 0.1) is 0 Å². The summed E-state index contributed by atoms with van der Waals surface area (Å²) >= 11 is 0. The molecule has 0 saturated heterocycles. The molecule has 0 radical (unpaired) electrons. The van der Waals surface area contributed by atoms with Crippen molar-refractivity contribution in [2.24, 2.45) is 5.73 Å². The standard InChI is InChI=1S/C15H29N3O2/c1-14(2,3)18-12(19)7-10-17-13(20)11-15(16)8-5-4-6-9-15/h4-11,16H2,1-3H3,(H,17,20)(H,18,19). The second-order valence-corrected chi connectivity index (χ2v) is 7.00. The minimum atomic E-state index is -0.337. The van der Waals surface area contributed by atoms with Gasteiger partial charge in [-0.2, -0.15) is 0 Å². The van der Waals surface area contributed by atoms with Crippen LogP contribution in [0.15, 0.2) is 0 Å². The van der Waals surface area contributed by atoms with Crippen molar-refractivity contribution in [3.63, 3.8) is 0 Å². The average Bonchev–Trinajstić information content (AvgIpc) is 2.26. The van der Waals surface area contributed by atoms with Crippen molar-refractivity contribution in [2.45, 2.75) is 76.8 Å². The van der Waals surface area contributed by atoms with Crippen molar-refractivity contribution in [1.82, 2.24) is 10.6 Å². The lowest BCUT2D eigenvalue weighted by molar-refractivity contribution is -0.123. The van der Waals surface area contributed by atoms with Gasteiger partial charge in [-0.15, -0.1) is 0 Å². The number of nitrogens with one attached hydrogen (secondary N) is 2. The number of carbonyl (C=O) groups excluding carboxylic acids is 2. The predicted molar refractivity (Wildman–Crippen MR) is 80.1 cm³/mol. The normalized spacial score (nSPS) is 18.4. The summed E-state index contributed by atoms with van der Waals surface area (Å²) in [5, 5.41) is 5.66. The summed E-state index contributed by atoms with van der Waals surface area (Å²) < 4.78 is 0. The predicted octanol–water partition coefficient (Wildman–Crippen LogP) is 1.46. The van der Waals surface area contributed by atoms with Crippen LogP contribution in [-0.2, 0) is 9.59 Å². The average molecular weight is 283 g/mol. The first kappa shape index (κ1) is 17.0. The van der Waals surface area contributed by atoms with Gasteiger partial charge in [0.15, 0.2) is 0 Å². The fourth-order valence-electron chi connectivity index (χ4n) is 2.61. The number of carbonyl (C=O) groups is 2. The van der Waals surface area contributed by atoms with Crippen molar-refractivity contribution in [1.29, 1.82) is 0 Å². The molecule has 0 heterocycles. The van der Waals surface area contributed by atoms with Gasteiger partial charge in [0, 0.05) is 30.5 Å². The molecule has 0 bridgehead atoms. The number of nitrogens with two attached hydrogens (primary N) is 1. The largest absolute Gasteiger partial charge is 0.356 e. The highest BCUT2D eigenvalue weighted by atomic mass is 16.2. The molecule has 0 spiro atoms. The molecule has 1 saturated carbocycles. The molecule has 0 unspecified atom stereocenters. The molecule has 1 aliphatic rings. The molecule has 5 heteroatoms. The van der Waals surface area contributed by atoms with Crippen LogP contribution < -0.4 is 16.4 Å². The van der Waals surface area contributed by atoms with E-state index in [9.17, 15) is 9.59 Å². The van der Waals surface area contributed by atoms with Gasteiger partial charge in [0.25, 0.3) is 0 Å². The molecular formula is C15H29N3O2. The third-order valence-corrected chi connectivity index (χ3v) is 3.55. The fourth-order valence-corrected chi connectivity index (χ4v) is 2.61. The van der Waals surface area contributed by atoms with E-state index in [0.29, 0.717) is 19.4 Å². The van der Waals surface area contributed by atoms with Crippen LogP contribution in [0.5, 0.6) is 0 Å². The zero-order valence-electron chi connectivity index (χ0n) is 13.1. The van der Waals surface area contributed by atoms with Gasteiger partial charge in [0.2, 0.25) is 11.8 Å². The van der Waals surface area contributed by atoms with Gasteiger partial charge in [-0.05, 0) is 33.6 Å². The topological polar surface area (TPSA) is 84.2 Å². The Morgan fingerprint density at radius 2 is 1.70 bits per heavy atom. The Hall–Kier alpha value is -1.10. The molecule has 0 aromatic rings. The Bertz CT molecular complexity index is 342.